The van der Waals surface area contributed by atoms with Gasteiger partial charge in [0.25, 0.3) is 5.91 Å². The predicted octanol–water partition coefficient (Wildman–Crippen LogP) is 1.75. The Hall–Kier alpha value is -2.08. The molecule has 1 aliphatic heterocycles. The first-order valence-electron chi connectivity index (χ1n) is 7.76. The number of amides is 1. The number of benzene rings is 1. The maximum atomic E-state index is 12.3. The maximum absolute atomic E-state index is 12.3. The van der Waals surface area contributed by atoms with E-state index in [1.807, 2.05) is 0 Å². The molecule has 0 radical (unpaired) electrons. The van der Waals surface area contributed by atoms with Gasteiger partial charge in [-0.3, -0.25) is 9.69 Å². The Bertz CT molecular complexity index is 563. The number of aliphatic carboxylic acids is 1. The van der Waals surface area contributed by atoms with Crippen LogP contribution < -0.4 is 10.1 Å². The molecule has 1 aromatic rings. The van der Waals surface area contributed by atoms with Gasteiger partial charge in [-0.1, -0.05) is 0 Å². The zero-order chi connectivity index (χ0) is 17.0. The van der Waals surface area contributed by atoms with Crippen molar-refractivity contribution >= 4 is 11.9 Å². The summed E-state index contributed by atoms with van der Waals surface area (Å²) >= 11 is 0. The van der Waals surface area contributed by atoms with Crippen molar-refractivity contribution in [1.82, 2.24) is 10.2 Å². The molecule has 0 spiro atoms. The summed E-state index contributed by atoms with van der Waals surface area (Å²) in [6.45, 7) is 7.97. The summed E-state index contributed by atoms with van der Waals surface area (Å²) in [5.41, 5.74) is 0.657. The molecule has 0 saturated carbocycles. The Labute approximate surface area is 136 Å². The van der Waals surface area contributed by atoms with Crippen LogP contribution in [0, 0.1) is 0 Å². The molecule has 1 unspecified atom stereocenters. The van der Waals surface area contributed by atoms with Gasteiger partial charge in [-0.25, -0.2) is 4.79 Å². The van der Waals surface area contributed by atoms with Crippen LogP contribution in [0.15, 0.2) is 24.3 Å². The average Bonchev–Trinajstić information content (AvgIpc) is 2.94. The molecule has 126 valence electrons. The molecule has 1 heterocycles. The Morgan fingerprint density at radius 1 is 1.30 bits per heavy atom. The molecule has 0 aromatic heterocycles. The third-order valence-electron chi connectivity index (χ3n) is 3.95. The fourth-order valence-electron chi connectivity index (χ4n) is 2.60. The minimum atomic E-state index is -1.03. The minimum absolute atomic E-state index is 0.114. The summed E-state index contributed by atoms with van der Waals surface area (Å²) in [6, 6.07) is 6.65. The molecule has 2 rings (SSSR count). The number of hydrogen-bond donors (Lipinski definition) is 2. The lowest BCUT2D eigenvalue weighted by atomic mass is 10.1. The second kappa shape index (κ2) is 7.00. The Morgan fingerprint density at radius 2 is 1.96 bits per heavy atom. The van der Waals surface area contributed by atoms with Gasteiger partial charge in [0.2, 0.25) is 0 Å². The molecule has 2 N–H and O–H groups in total. The molecule has 1 fully saturated rings. The van der Waals surface area contributed by atoms with E-state index in [1.165, 1.54) is 0 Å². The fourth-order valence-corrected chi connectivity index (χ4v) is 2.60. The minimum Gasteiger partial charge on any atom is -0.482 e. The number of carboxylic acid groups (broad SMARTS) is 1. The number of carbonyl (C=O) groups excluding carboxylic acids is 1. The lowest BCUT2D eigenvalue weighted by Crippen LogP contribution is -2.43. The van der Waals surface area contributed by atoms with Gasteiger partial charge < -0.3 is 15.2 Å². The van der Waals surface area contributed by atoms with E-state index in [9.17, 15) is 9.59 Å². The highest BCUT2D eigenvalue weighted by Gasteiger charge is 2.30. The van der Waals surface area contributed by atoms with Crippen LogP contribution in [0.4, 0.5) is 0 Å². The SMILES string of the molecule is CC(C)(C)N1CCC(NC(=O)c2ccc(OCC(=O)O)cc2)C1. The monoisotopic (exact) mass is 320 g/mol. The lowest BCUT2D eigenvalue weighted by Gasteiger charge is -2.31. The van der Waals surface area contributed by atoms with Crippen LogP contribution in [0.5, 0.6) is 5.75 Å². The van der Waals surface area contributed by atoms with Gasteiger partial charge in [-0.15, -0.1) is 0 Å². The molecular formula is C17H24N2O4. The first-order valence-corrected chi connectivity index (χ1v) is 7.76. The number of ether oxygens (including phenoxy) is 1. The number of hydrogen-bond acceptors (Lipinski definition) is 4. The Morgan fingerprint density at radius 3 is 2.48 bits per heavy atom. The van der Waals surface area contributed by atoms with E-state index in [0.717, 1.165) is 19.5 Å². The highest BCUT2D eigenvalue weighted by molar-refractivity contribution is 5.94. The van der Waals surface area contributed by atoms with E-state index in [0.29, 0.717) is 11.3 Å². The molecule has 6 heteroatoms. The van der Waals surface area contributed by atoms with Gasteiger partial charge in [0.05, 0.1) is 0 Å². The van der Waals surface area contributed by atoms with Gasteiger partial charge in [-0.05, 0) is 51.5 Å². The van der Waals surface area contributed by atoms with Crippen molar-refractivity contribution in [1.29, 1.82) is 0 Å². The average molecular weight is 320 g/mol. The quantitative estimate of drug-likeness (QED) is 0.864. The third kappa shape index (κ3) is 4.96. The van der Waals surface area contributed by atoms with Gasteiger partial charge in [0, 0.05) is 30.2 Å². The van der Waals surface area contributed by atoms with Crippen LogP contribution in [0.3, 0.4) is 0 Å². The third-order valence-corrected chi connectivity index (χ3v) is 3.95. The van der Waals surface area contributed by atoms with Crippen molar-refractivity contribution in [3.8, 4) is 5.75 Å². The molecule has 6 nitrogen and oxygen atoms in total. The van der Waals surface area contributed by atoms with E-state index in [-0.39, 0.29) is 17.5 Å². The van der Waals surface area contributed by atoms with Gasteiger partial charge in [0.15, 0.2) is 6.61 Å². The van der Waals surface area contributed by atoms with Crippen molar-refractivity contribution in [2.45, 2.75) is 38.8 Å². The highest BCUT2D eigenvalue weighted by atomic mass is 16.5. The van der Waals surface area contributed by atoms with Crippen molar-refractivity contribution in [3.63, 3.8) is 0 Å². The van der Waals surface area contributed by atoms with Crippen molar-refractivity contribution in [2.24, 2.45) is 0 Å². The van der Waals surface area contributed by atoms with Crippen molar-refractivity contribution < 1.29 is 19.4 Å². The number of likely N-dealkylation sites (tertiary alicyclic amines) is 1. The second-order valence-electron chi connectivity index (χ2n) is 6.78. The molecular weight excluding hydrogens is 296 g/mol. The number of carbonyl (C=O) groups is 2. The molecule has 1 aliphatic rings. The van der Waals surface area contributed by atoms with E-state index >= 15 is 0 Å². The number of nitrogens with zero attached hydrogens (tertiary/aromatic N) is 1. The van der Waals surface area contributed by atoms with Crippen LogP contribution in [-0.2, 0) is 4.79 Å². The Balaban J connectivity index is 1.88. The Kier molecular flexibility index (Phi) is 5.26. The van der Waals surface area contributed by atoms with Crippen LogP contribution >= 0.6 is 0 Å². The van der Waals surface area contributed by atoms with E-state index in [1.54, 1.807) is 24.3 Å². The molecule has 0 bridgehead atoms. The topological polar surface area (TPSA) is 78.9 Å². The zero-order valence-electron chi connectivity index (χ0n) is 13.8. The summed E-state index contributed by atoms with van der Waals surface area (Å²) in [6.07, 6.45) is 0.947. The summed E-state index contributed by atoms with van der Waals surface area (Å²) in [5, 5.41) is 11.6. The van der Waals surface area contributed by atoms with Crippen LogP contribution in [0.1, 0.15) is 37.6 Å². The van der Waals surface area contributed by atoms with Crippen LogP contribution in [0.2, 0.25) is 0 Å². The van der Waals surface area contributed by atoms with E-state index in [2.05, 4.69) is 31.0 Å². The molecule has 1 saturated heterocycles. The summed E-state index contributed by atoms with van der Waals surface area (Å²) in [4.78, 5) is 25.1. The van der Waals surface area contributed by atoms with Gasteiger partial charge >= 0.3 is 5.97 Å². The number of carboxylic acids is 1. The maximum Gasteiger partial charge on any atom is 0.341 e. The summed E-state index contributed by atoms with van der Waals surface area (Å²) in [5.74, 6) is -0.712. The summed E-state index contributed by atoms with van der Waals surface area (Å²) < 4.78 is 5.05. The van der Waals surface area contributed by atoms with E-state index < -0.39 is 12.6 Å². The second-order valence-corrected chi connectivity index (χ2v) is 6.78. The molecule has 23 heavy (non-hydrogen) atoms. The van der Waals surface area contributed by atoms with Crippen molar-refractivity contribution in [3.05, 3.63) is 29.8 Å². The molecule has 1 atom stereocenters. The summed E-state index contributed by atoms with van der Waals surface area (Å²) in [7, 11) is 0. The highest BCUT2D eigenvalue weighted by Crippen LogP contribution is 2.21. The zero-order valence-corrected chi connectivity index (χ0v) is 13.8. The predicted molar refractivity (Wildman–Crippen MR) is 86.8 cm³/mol. The van der Waals surface area contributed by atoms with E-state index in [4.69, 9.17) is 9.84 Å². The first-order chi connectivity index (χ1) is 10.8. The molecule has 1 aromatic carbocycles. The smallest absolute Gasteiger partial charge is 0.341 e. The number of rotatable bonds is 5. The standard InChI is InChI=1S/C17H24N2O4/c1-17(2,3)19-9-8-13(10-19)18-16(22)12-4-6-14(7-5-12)23-11-15(20)21/h4-7,13H,8-11H2,1-3H3,(H,18,22)(H,20,21). The largest absolute Gasteiger partial charge is 0.482 e. The molecule has 0 aliphatic carbocycles. The number of nitrogens with one attached hydrogen (secondary N) is 1. The van der Waals surface area contributed by atoms with Crippen LogP contribution in [-0.4, -0.2) is 53.2 Å². The van der Waals surface area contributed by atoms with Gasteiger partial charge in [-0.2, -0.15) is 0 Å². The van der Waals surface area contributed by atoms with Gasteiger partial charge in [0.1, 0.15) is 5.75 Å². The lowest BCUT2D eigenvalue weighted by molar-refractivity contribution is -0.139. The van der Waals surface area contributed by atoms with Crippen molar-refractivity contribution in [2.75, 3.05) is 19.7 Å². The molecule has 1 amide bonds. The normalized spacial score (nSPS) is 18.7. The first kappa shape index (κ1) is 17.3. The fraction of sp³-hybridized carbons (Fsp3) is 0.529. The van der Waals surface area contributed by atoms with Crippen LogP contribution in [0.25, 0.3) is 0 Å².